The molecule has 30 heavy (non-hydrogen) atoms. The zero-order valence-electron chi connectivity index (χ0n) is 15.3. The minimum atomic E-state index is -2.31. The molecule has 0 aliphatic carbocycles. The first-order valence-corrected chi connectivity index (χ1v) is 6.91. The normalized spacial score (nSPS) is 17.7. The smallest absolute Gasteiger partial charge is 0.547 e. The van der Waals surface area contributed by atoms with Crippen molar-refractivity contribution in [2.75, 3.05) is 13.2 Å². The molecular formula is C12H28O17Zn. The van der Waals surface area contributed by atoms with Crippen molar-refractivity contribution < 1.29 is 107 Å². The van der Waals surface area contributed by atoms with E-state index in [0.717, 1.165) is 0 Å². The zero-order chi connectivity index (χ0) is 21.2. The van der Waals surface area contributed by atoms with E-state index in [1.807, 2.05) is 0 Å². The molecule has 0 heterocycles. The van der Waals surface area contributed by atoms with Gasteiger partial charge in [0.1, 0.15) is 48.8 Å². The van der Waals surface area contributed by atoms with Gasteiger partial charge in [0.05, 0.1) is 25.2 Å². The number of carboxylic acid groups (broad SMARTS) is 2. The Labute approximate surface area is 181 Å². The fourth-order valence-electron chi connectivity index (χ4n) is 1.32. The first-order valence-electron chi connectivity index (χ1n) is 6.91. The van der Waals surface area contributed by atoms with Crippen LogP contribution in [-0.4, -0.2) is 141 Å². The molecule has 0 amide bonds. The standard InChI is InChI=1S/2C6H12O7.3H2O.Zn/c2*7-1-2(8)3(9)4(10)5(11)6(12)13;;;;/h2*2-5,7-11H,1H2,(H,12,13);3*1H2;/q;;;;;+2/p-2/t2*2-,3-,4+,5-;;;;/m11..../s1. The first-order chi connectivity index (χ1) is 11.8. The second-order valence-electron chi connectivity index (χ2n) is 4.99. The number of rotatable bonds is 10. The minimum absolute atomic E-state index is 0. The molecule has 0 radical (unpaired) electrons. The van der Waals surface area contributed by atoms with E-state index in [1.54, 1.807) is 0 Å². The van der Waals surface area contributed by atoms with Gasteiger partial charge in [0, 0.05) is 0 Å². The molecule has 0 fully saturated rings. The molecule has 0 bridgehead atoms. The SMILES string of the molecule is O.O.O.O=C([O-])[C@H](O)[C@@H](O)[C@H](O)[C@H](O)CO.O=C([O-])[C@H](O)[C@@H](O)[C@H](O)[C@H](O)CO.[Zn+2]. The van der Waals surface area contributed by atoms with Crippen molar-refractivity contribution in [2.24, 2.45) is 0 Å². The molecule has 0 spiro atoms. The van der Waals surface area contributed by atoms with Crippen molar-refractivity contribution >= 4 is 11.9 Å². The molecule has 18 heteroatoms. The average Bonchev–Trinajstić information content (AvgIpc) is 2.62. The summed E-state index contributed by atoms with van der Waals surface area (Å²) in [6.45, 7) is -1.73. The Bertz CT molecular complexity index is 388. The van der Waals surface area contributed by atoms with Gasteiger partial charge >= 0.3 is 19.5 Å². The molecule has 17 nitrogen and oxygen atoms in total. The van der Waals surface area contributed by atoms with Crippen LogP contribution in [0.3, 0.4) is 0 Å². The molecule has 8 atom stereocenters. The summed E-state index contributed by atoms with van der Waals surface area (Å²) in [5, 5.41) is 107. The second-order valence-corrected chi connectivity index (χ2v) is 4.99. The van der Waals surface area contributed by atoms with E-state index in [1.165, 1.54) is 0 Å². The van der Waals surface area contributed by atoms with Crippen LogP contribution < -0.4 is 10.2 Å². The van der Waals surface area contributed by atoms with E-state index in [4.69, 9.17) is 51.1 Å². The van der Waals surface area contributed by atoms with Crippen molar-refractivity contribution in [3.63, 3.8) is 0 Å². The molecule has 0 aliphatic rings. The summed E-state index contributed by atoms with van der Waals surface area (Å²) in [7, 11) is 0. The van der Waals surface area contributed by atoms with E-state index >= 15 is 0 Å². The van der Waals surface area contributed by atoms with Crippen LogP contribution in [0.25, 0.3) is 0 Å². The zero-order valence-corrected chi connectivity index (χ0v) is 18.3. The van der Waals surface area contributed by atoms with Crippen molar-refractivity contribution in [3.05, 3.63) is 0 Å². The van der Waals surface area contributed by atoms with Crippen LogP contribution in [-0.2, 0) is 29.1 Å². The summed E-state index contributed by atoms with van der Waals surface area (Å²) >= 11 is 0. The molecule has 0 aliphatic heterocycles. The Morgan fingerprint density at radius 2 is 0.767 bits per heavy atom. The molecule has 180 valence electrons. The number of aliphatic hydroxyl groups is 10. The van der Waals surface area contributed by atoms with E-state index in [-0.39, 0.29) is 35.9 Å². The Balaban J connectivity index is -0.0000000847. The molecule has 16 N–H and O–H groups in total. The fourth-order valence-corrected chi connectivity index (χ4v) is 1.32. The Morgan fingerprint density at radius 3 is 0.900 bits per heavy atom. The summed E-state index contributed by atoms with van der Waals surface area (Å²) in [6, 6.07) is 0. The van der Waals surface area contributed by atoms with Crippen LogP contribution in [0.1, 0.15) is 0 Å². The van der Waals surface area contributed by atoms with Gasteiger partial charge in [-0.05, 0) is 0 Å². The molecule has 0 rings (SSSR count). The van der Waals surface area contributed by atoms with Gasteiger partial charge in [0.15, 0.2) is 0 Å². The van der Waals surface area contributed by atoms with Gasteiger partial charge in [0.25, 0.3) is 0 Å². The number of carboxylic acids is 2. The predicted octanol–water partition coefficient (Wildman–Crippen LogP) is -12.1. The summed E-state index contributed by atoms with van der Waals surface area (Å²) in [6.07, 6.45) is -16.2. The number of aliphatic carboxylic acids is 2. The van der Waals surface area contributed by atoms with Crippen LogP contribution in [0.4, 0.5) is 0 Å². The van der Waals surface area contributed by atoms with Gasteiger partial charge in [-0.1, -0.05) is 0 Å². The predicted molar refractivity (Wildman–Crippen MR) is 83.1 cm³/mol. The quantitative estimate of drug-likeness (QED) is 0.122. The monoisotopic (exact) mass is 508 g/mol. The van der Waals surface area contributed by atoms with E-state index in [9.17, 15) is 19.8 Å². The third-order valence-electron chi connectivity index (χ3n) is 2.99. The number of hydrogen-bond donors (Lipinski definition) is 10. The van der Waals surface area contributed by atoms with E-state index in [2.05, 4.69) is 0 Å². The molecule has 0 saturated heterocycles. The van der Waals surface area contributed by atoms with E-state index in [0.29, 0.717) is 0 Å². The summed E-state index contributed by atoms with van der Waals surface area (Å²) < 4.78 is 0. The Morgan fingerprint density at radius 1 is 0.567 bits per heavy atom. The van der Waals surface area contributed by atoms with Crippen molar-refractivity contribution in [1.82, 2.24) is 0 Å². The Hall–Kier alpha value is -0.957. The number of carbonyl (C=O) groups excluding carboxylic acids is 2. The minimum Gasteiger partial charge on any atom is -0.547 e. The third-order valence-corrected chi connectivity index (χ3v) is 2.99. The van der Waals surface area contributed by atoms with Crippen molar-refractivity contribution in [3.8, 4) is 0 Å². The summed E-state index contributed by atoms with van der Waals surface area (Å²) in [4.78, 5) is 20.0. The van der Waals surface area contributed by atoms with Crippen LogP contribution in [0, 0.1) is 0 Å². The second kappa shape index (κ2) is 21.3. The van der Waals surface area contributed by atoms with Crippen LogP contribution in [0.15, 0.2) is 0 Å². The Kier molecular flexibility index (Phi) is 30.5. The fraction of sp³-hybridized carbons (Fsp3) is 0.833. The molecule has 0 aromatic heterocycles. The molecule has 0 saturated carbocycles. The topological polar surface area (TPSA) is 377 Å². The van der Waals surface area contributed by atoms with Crippen LogP contribution in [0.2, 0.25) is 0 Å². The maximum atomic E-state index is 9.98. The number of aliphatic hydroxyl groups excluding tert-OH is 10. The van der Waals surface area contributed by atoms with E-state index < -0.39 is 74.0 Å². The maximum absolute atomic E-state index is 9.98. The summed E-state index contributed by atoms with van der Waals surface area (Å²) in [5.74, 6) is -3.95. The molecule has 0 aromatic rings. The maximum Gasteiger partial charge on any atom is 2.00 e. The molecular weight excluding hydrogens is 482 g/mol. The van der Waals surface area contributed by atoms with Gasteiger partial charge < -0.3 is 87.3 Å². The summed E-state index contributed by atoms with van der Waals surface area (Å²) in [5.41, 5.74) is 0. The third kappa shape index (κ3) is 14.9. The largest absolute Gasteiger partial charge is 2.00 e. The first kappa shape index (κ1) is 43.0. The van der Waals surface area contributed by atoms with Crippen LogP contribution >= 0.6 is 0 Å². The average molecular weight is 510 g/mol. The van der Waals surface area contributed by atoms with Gasteiger partial charge in [-0.15, -0.1) is 0 Å². The number of carbonyl (C=O) groups is 2. The van der Waals surface area contributed by atoms with Gasteiger partial charge in [-0.3, -0.25) is 0 Å². The number of hydrogen-bond acceptors (Lipinski definition) is 14. The van der Waals surface area contributed by atoms with Gasteiger partial charge in [-0.25, -0.2) is 0 Å². The molecule has 0 aromatic carbocycles. The van der Waals surface area contributed by atoms with Crippen molar-refractivity contribution in [2.45, 2.75) is 48.8 Å². The van der Waals surface area contributed by atoms with Crippen molar-refractivity contribution in [1.29, 1.82) is 0 Å². The molecule has 0 unspecified atom stereocenters. The van der Waals surface area contributed by atoms with Gasteiger partial charge in [-0.2, -0.15) is 0 Å². The van der Waals surface area contributed by atoms with Crippen LogP contribution in [0.5, 0.6) is 0 Å². The van der Waals surface area contributed by atoms with Gasteiger partial charge in [0.2, 0.25) is 0 Å².